The fourth-order valence-electron chi connectivity index (χ4n) is 2.96. The quantitative estimate of drug-likeness (QED) is 0.846. The Morgan fingerprint density at radius 3 is 3.00 bits per heavy atom. The van der Waals surface area contributed by atoms with Gasteiger partial charge in [0.1, 0.15) is 5.82 Å². The van der Waals surface area contributed by atoms with E-state index in [1.54, 1.807) is 11.1 Å². The van der Waals surface area contributed by atoms with Gasteiger partial charge in [0, 0.05) is 37.0 Å². The van der Waals surface area contributed by atoms with Crippen LogP contribution in [0.1, 0.15) is 44.2 Å². The average molecular weight is 335 g/mol. The van der Waals surface area contributed by atoms with E-state index in [1.807, 2.05) is 0 Å². The summed E-state index contributed by atoms with van der Waals surface area (Å²) in [5.74, 6) is -0.109. The Labute approximate surface area is 139 Å². The van der Waals surface area contributed by atoms with E-state index in [-0.39, 0.29) is 11.7 Å². The van der Waals surface area contributed by atoms with Gasteiger partial charge in [-0.05, 0) is 31.4 Å². The van der Waals surface area contributed by atoms with Gasteiger partial charge in [-0.15, -0.1) is 5.06 Å². The molecule has 1 aromatic carbocycles. The van der Waals surface area contributed by atoms with Crippen molar-refractivity contribution < 1.29 is 18.5 Å². The Bertz CT molecular complexity index is 695. The van der Waals surface area contributed by atoms with Crippen LogP contribution in [-0.2, 0) is 4.84 Å². The number of carbonyl (C=O) groups excluding carboxylic acids is 1. The van der Waals surface area contributed by atoms with Gasteiger partial charge < -0.3 is 14.7 Å². The van der Waals surface area contributed by atoms with Crippen molar-refractivity contribution in [3.8, 4) is 0 Å². The molecule has 0 saturated carbocycles. The van der Waals surface area contributed by atoms with Crippen molar-refractivity contribution in [1.82, 2.24) is 15.5 Å². The zero-order chi connectivity index (χ0) is 16.9. The van der Waals surface area contributed by atoms with Gasteiger partial charge >= 0.3 is 6.09 Å². The maximum absolute atomic E-state index is 13.2. The van der Waals surface area contributed by atoms with Crippen LogP contribution in [-0.4, -0.2) is 35.9 Å². The standard InChI is InChI=1S/C17H22FN3O3/c1-2-3-8-19-17(22)24-21-9-6-12(7-10-21)16-14-5-4-13(18)11-15(14)23-20-16/h4-5,11-12H,2-3,6-10H2,1H3,(H,19,22). The third-order valence-electron chi connectivity index (χ3n) is 4.31. The number of fused-ring (bicyclic) bond motifs is 1. The molecule has 130 valence electrons. The summed E-state index contributed by atoms with van der Waals surface area (Å²) in [4.78, 5) is 17.0. The highest BCUT2D eigenvalue weighted by Gasteiger charge is 2.26. The Hall–Kier alpha value is -2.15. The third-order valence-corrected chi connectivity index (χ3v) is 4.31. The molecule has 1 aromatic heterocycles. The molecule has 7 heteroatoms. The maximum Gasteiger partial charge on any atom is 0.426 e. The molecule has 0 spiro atoms. The lowest BCUT2D eigenvalue weighted by atomic mass is 9.92. The summed E-state index contributed by atoms with van der Waals surface area (Å²) in [6.07, 6.45) is 3.19. The molecule has 1 aliphatic rings. The predicted molar refractivity (Wildman–Crippen MR) is 86.9 cm³/mol. The van der Waals surface area contributed by atoms with Gasteiger partial charge in [-0.1, -0.05) is 18.5 Å². The molecular formula is C17H22FN3O3. The topological polar surface area (TPSA) is 67.6 Å². The Kier molecular flexibility index (Phi) is 5.30. The average Bonchev–Trinajstić information content (AvgIpc) is 2.99. The molecule has 1 aliphatic heterocycles. The van der Waals surface area contributed by atoms with Gasteiger partial charge in [-0.2, -0.15) is 0 Å². The van der Waals surface area contributed by atoms with Crippen molar-refractivity contribution in [2.45, 2.75) is 38.5 Å². The summed E-state index contributed by atoms with van der Waals surface area (Å²) >= 11 is 0. The van der Waals surface area contributed by atoms with E-state index < -0.39 is 6.09 Å². The van der Waals surface area contributed by atoms with E-state index in [0.717, 1.165) is 36.8 Å². The zero-order valence-corrected chi connectivity index (χ0v) is 13.8. The van der Waals surface area contributed by atoms with Crippen LogP contribution in [0.2, 0.25) is 0 Å². The van der Waals surface area contributed by atoms with E-state index in [0.29, 0.717) is 25.2 Å². The van der Waals surface area contributed by atoms with Crippen molar-refractivity contribution >= 4 is 17.1 Å². The number of unbranched alkanes of at least 4 members (excludes halogenated alkanes) is 1. The minimum Gasteiger partial charge on any atom is -0.356 e. The summed E-state index contributed by atoms with van der Waals surface area (Å²) in [6, 6.07) is 4.48. The SMILES string of the molecule is CCCCNC(=O)ON1CCC(c2noc3cc(F)ccc23)CC1. The number of amides is 1. The number of nitrogens with zero attached hydrogens (tertiary/aromatic N) is 2. The number of nitrogens with one attached hydrogen (secondary N) is 1. The minimum absolute atomic E-state index is 0.222. The summed E-state index contributed by atoms with van der Waals surface area (Å²) in [5.41, 5.74) is 1.33. The third kappa shape index (κ3) is 3.84. The number of hydrogen-bond acceptors (Lipinski definition) is 5. The van der Waals surface area contributed by atoms with Gasteiger partial charge in [0.05, 0.1) is 5.69 Å². The van der Waals surface area contributed by atoms with Crippen molar-refractivity contribution in [3.05, 3.63) is 29.7 Å². The summed E-state index contributed by atoms with van der Waals surface area (Å²) in [6.45, 7) is 3.98. The second-order valence-electron chi connectivity index (χ2n) is 6.07. The largest absolute Gasteiger partial charge is 0.426 e. The molecule has 0 radical (unpaired) electrons. The molecule has 1 amide bonds. The normalized spacial score (nSPS) is 16.4. The van der Waals surface area contributed by atoms with Crippen LogP contribution in [0.5, 0.6) is 0 Å². The highest BCUT2D eigenvalue weighted by molar-refractivity contribution is 5.79. The fourth-order valence-corrected chi connectivity index (χ4v) is 2.96. The van der Waals surface area contributed by atoms with Gasteiger partial charge in [0.2, 0.25) is 0 Å². The Morgan fingerprint density at radius 2 is 2.25 bits per heavy atom. The number of rotatable bonds is 5. The molecule has 24 heavy (non-hydrogen) atoms. The van der Waals surface area contributed by atoms with Crippen molar-refractivity contribution in [2.24, 2.45) is 0 Å². The molecule has 0 aliphatic carbocycles. The molecular weight excluding hydrogens is 313 g/mol. The van der Waals surface area contributed by atoms with Crippen LogP contribution in [0, 0.1) is 5.82 Å². The number of aromatic nitrogens is 1. The first kappa shape index (κ1) is 16.7. The van der Waals surface area contributed by atoms with E-state index in [4.69, 9.17) is 9.36 Å². The maximum atomic E-state index is 13.2. The van der Waals surface area contributed by atoms with Crippen LogP contribution in [0.3, 0.4) is 0 Å². The number of piperidine rings is 1. The number of benzene rings is 1. The van der Waals surface area contributed by atoms with Crippen molar-refractivity contribution in [3.63, 3.8) is 0 Å². The first-order valence-electron chi connectivity index (χ1n) is 8.43. The first-order valence-corrected chi connectivity index (χ1v) is 8.43. The molecule has 1 saturated heterocycles. The van der Waals surface area contributed by atoms with Gasteiger partial charge in [0.25, 0.3) is 0 Å². The molecule has 1 N–H and O–H groups in total. The summed E-state index contributed by atoms with van der Waals surface area (Å²) in [7, 11) is 0. The van der Waals surface area contributed by atoms with E-state index in [2.05, 4.69) is 17.4 Å². The van der Waals surface area contributed by atoms with E-state index >= 15 is 0 Å². The van der Waals surface area contributed by atoms with Crippen LogP contribution >= 0.6 is 0 Å². The summed E-state index contributed by atoms with van der Waals surface area (Å²) in [5, 5.41) is 9.38. The smallest absolute Gasteiger partial charge is 0.356 e. The lowest BCUT2D eigenvalue weighted by Gasteiger charge is -2.29. The van der Waals surface area contributed by atoms with E-state index in [1.165, 1.54) is 12.1 Å². The van der Waals surface area contributed by atoms with Crippen molar-refractivity contribution in [1.29, 1.82) is 0 Å². The van der Waals surface area contributed by atoms with E-state index in [9.17, 15) is 9.18 Å². The molecule has 0 atom stereocenters. The van der Waals surface area contributed by atoms with Crippen LogP contribution in [0.4, 0.5) is 9.18 Å². The van der Waals surface area contributed by atoms with Crippen LogP contribution < -0.4 is 5.32 Å². The highest BCUT2D eigenvalue weighted by atomic mass is 19.1. The molecule has 6 nitrogen and oxygen atoms in total. The first-order chi connectivity index (χ1) is 11.7. The second kappa shape index (κ2) is 7.61. The number of hydroxylamine groups is 2. The minimum atomic E-state index is -0.399. The number of halogens is 1. The number of hydrogen-bond donors (Lipinski definition) is 1. The van der Waals surface area contributed by atoms with Crippen LogP contribution in [0.15, 0.2) is 22.7 Å². The Morgan fingerprint density at radius 1 is 1.46 bits per heavy atom. The lowest BCUT2D eigenvalue weighted by molar-refractivity contribution is -0.113. The van der Waals surface area contributed by atoms with Crippen molar-refractivity contribution in [2.75, 3.05) is 19.6 Å². The molecule has 2 heterocycles. The molecule has 0 bridgehead atoms. The second-order valence-corrected chi connectivity index (χ2v) is 6.07. The fraction of sp³-hybridized carbons (Fsp3) is 0.529. The molecule has 0 unspecified atom stereocenters. The van der Waals surface area contributed by atoms with Gasteiger partial charge in [-0.25, -0.2) is 9.18 Å². The Balaban J connectivity index is 1.54. The van der Waals surface area contributed by atoms with Gasteiger partial charge in [-0.3, -0.25) is 0 Å². The molecule has 3 rings (SSSR count). The molecule has 1 fully saturated rings. The summed E-state index contributed by atoms with van der Waals surface area (Å²) < 4.78 is 18.5. The van der Waals surface area contributed by atoms with Gasteiger partial charge in [0.15, 0.2) is 5.58 Å². The highest BCUT2D eigenvalue weighted by Crippen LogP contribution is 2.32. The predicted octanol–water partition coefficient (Wildman–Crippen LogP) is 3.59. The van der Waals surface area contributed by atoms with Crippen LogP contribution in [0.25, 0.3) is 11.0 Å². The molecule has 2 aromatic rings. The number of carbonyl (C=O) groups is 1. The monoisotopic (exact) mass is 335 g/mol. The zero-order valence-electron chi connectivity index (χ0n) is 13.8. The lowest BCUT2D eigenvalue weighted by Crippen LogP contribution is -2.38.